The second-order valence-electron chi connectivity index (χ2n) is 7.26. The molecule has 0 radical (unpaired) electrons. The second-order valence-corrected chi connectivity index (χ2v) is 7.26. The molecule has 0 saturated heterocycles. The van der Waals surface area contributed by atoms with Crippen molar-refractivity contribution < 1.29 is 15.3 Å². The Morgan fingerprint density at radius 1 is 0.600 bits per heavy atom. The molecule has 0 fully saturated rings. The Balaban J connectivity index is 4.31. The van der Waals surface area contributed by atoms with E-state index in [9.17, 15) is 15.3 Å². The summed E-state index contributed by atoms with van der Waals surface area (Å²) in [6, 6.07) is 0. The maximum Gasteiger partial charge on any atom is 0.0592 e. The van der Waals surface area contributed by atoms with E-state index in [1.807, 2.05) is 6.92 Å². The van der Waals surface area contributed by atoms with Crippen molar-refractivity contribution in [3.05, 3.63) is 0 Å². The molecule has 0 aromatic rings. The average Bonchev–Trinajstić information content (AvgIpc) is 2.35. The fourth-order valence-corrected chi connectivity index (χ4v) is 2.42. The molecule has 0 amide bonds. The third kappa shape index (κ3) is 6.55. The van der Waals surface area contributed by atoms with E-state index in [4.69, 9.17) is 0 Å². The van der Waals surface area contributed by atoms with E-state index < -0.39 is 12.2 Å². The highest BCUT2D eigenvalue weighted by molar-refractivity contribution is 4.77. The summed E-state index contributed by atoms with van der Waals surface area (Å²) in [5.41, 5.74) is 0. The minimum Gasteiger partial charge on any atom is -0.393 e. The standard InChI is InChI=1S/C17H36O3/c1-10(2)13(5)16(19)8-11(3)12(4)9-17(20)14(6)15(7)18/h10-20H,8-9H2,1-7H3/t11-,12-,13+,14-,15+,16+,17+/m0/s1. The molecule has 0 aliphatic rings. The maximum absolute atomic E-state index is 10.2. The molecule has 0 aliphatic heterocycles. The van der Waals surface area contributed by atoms with Gasteiger partial charge in [0.15, 0.2) is 0 Å². The van der Waals surface area contributed by atoms with Crippen LogP contribution in [0.1, 0.15) is 61.3 Å². The van der Waals surface area contributed by atoms with Gasteiger partial charge in [-0.1, -0.05) is 41.5 Å². The third-order valence-corrected chi connectivity index (χ3v) is 5.22. The van der Waals surface area contributed by atoms with Gasteiger partial charge in [0.05, 0.1) is 18.3 Å². The molecule has 0 unspecified atom stereocenters. The molecule has 0 aromatic carbocycles. The van der Waals surface area contributed by atoms with Crippen molar-refractivity contribution in [3.63, 3.8) is 0 Å². The minimum absolute atomic E-state index is 0.107. The Morgan fingerprint density at radius 3 is 1.25 bits per heavy atom. The molecule has 3 nitrogen and oxygen atoms in total. The van der Waals surface area contributed by atoms with Crippen LogP contribution in [0, 0.1) is 29.6 Å². The van der Waals surface area contributed by atoms with Gasteiger partial charge in [-0.05, 0) is 43.4 Å². The number of aliphatic hydroxyl groups excluding tert-OH is 3. The van der Waals surface area contributed by atoms with Gasteiger partial charge in [0, 0.05) is 5.92 Å². The number of rotatable bonds is 9. The van der Waals surface area contributed by atoms with Gasteiger partial charge >= 0.3 is 0 Å². The predicted molar refractivity (Wildman–Crippen MR) is 84.4 cm³/mol. The van der Waals surface area contributed by atoms with Crippen molar-refractivity contribution in [2.24, 2.45) is 29.6 Å². The fraction of sp³-hybridized carbons (Fsp3) is 1.00. The lowest BCUT2D eigenvalue weighted by Crippen LogP contribution is -2.31. The first-order valence-electron chi connectivity index (χ1n) is 8.12. The molecule has 0 rings (SSSR count). The Hall–Kier alpha value is -0.120. The SMILES string of the molecule is CC(C)[C@@H](C)[C@H](O)C[C@H](C)[C@@H](C)C[C@@H](O)[C@@H](C)[C@@H](C)O. The fourth-order valence-electron chi connectivity index (χ4n) is 2.42. The number of hydrogen-bond acceptors (Lipinski definition) is 3. The minimum atomic E-state index is -0.487. The van der Waals surface area contributed by atoms with Crippen molar-refractivity contribution >= 4 is 0 Å². The highest BCUT2D eigenvalue weighted by Crippen LogP contribution is 2.28. The van der Waals surface area contributed by atoms with Gasteiger partial charge in [0.2, 0.25) is 0 Å². The first-order chi connectivity index (χ1) is 9.07. The molecule has 0 spiro atoms. The summed E-state index contributed by atoms with van der Waals surface area (Å²) >= 11 is 0. The zero-order valence-corrected chi connectivity index (χ0v) is 14.4. The van der Waals surface area contributed by atoms with E-state index in [0.717, 1.165) is 6.42 Å². The molecule has 0 bridgehead atoms. The molecular weight excluding hydrogens is 252 g/mol. The summed E-state index contributed by atoms with van der Waals surface area (Å²) < 4.78 is 0. The van der Waals surface area contributed by atoms with Crippen molar-refractivity contribution in [3.8, 4) is 0 Å². The second kappa shape index (κ2) is 9.01. The van der Waals surface area contributed by atoms with Crippen LogP contribution in [-0.2, 0) is 0 Å². The topological polar surface area (TPSA) is 60.7 Å². The van der Waals surface area contributed by atoms with Crippen LogP contribution in [0.15, 0.2) is 0 Å². The van der Waals surface area contributed by atoms with Crippen LogP contribution in [-0.4, -0.2) is 33.6 Å². The van der Waals surface area contributed by atoms with Crippen LogP contribution < -0.4 is 0 Å². The van der Waals surface area contributed by atoms with E-state index in [1.54, 1.807) is 6.92 Å². The van der Waals surface area contributed by atoms with Gasteiger partial charge in [0.25, 0.3) is 0 Å². The lowest BCUT2D eigenvalue weighted by atomic mass is 9.80. The Labute approximate surface area is 125 Å². The predicted octanol–water partition coefficient (Wildman–Crippen LogP) is 3.07. The number of aliphatic hydroxyl groups is 3. The van der Waals surface area contributed by atoms with Gasteiger partial charge in [0.1, 0.15) is 0 Å². The van der Waals surface area contributed by atoms with Gasteiger partial charge in [-0.25, -0.2) is 0 Å². The summed E-state index contributed by atoms with van der Waals surface area (Å²) in [6.45, 7) is 14.2. The summed E-state index contributed by atoms with van der Waals surface area (Å²) in [5.74, 6) is 1.37. The van der Waals surface area contributed by atoms with Gasteiger partial charge in [-0.3, -0.25) is 0 Å². The largest absolute Gasteiger partial charge is 0.393 e. The Morgan fingerprint density at radius 2 is 0.950 bits per heavy atom. The molecule has 7 atom stereocenters. The first kappa shape index (κ1) is 19.9. The lowest BCUT2D eigenvalue weighted by Gasteiger charge is -2.30. The highest BCUT2D eigenvalue weighted by atomic mass is 16.3. The van der Waals surface area contributed by atoms with E-state index in [-0.39, 0.29) is 12.0 Å². The van der Waals surface area contributed by atoms with Gasteiger partial charge < -0.3 is 15.3 Å². The lowest BCUT2D eigenvalue weighted by molar-refractivity contribution is 0.00838. The zero-order chi connectivity index (χ0) is 16.0. The van der Waals surface area contributed by atoms with Crippen LogP contribution in [0.2, 0.25) is 0 Å². The van der Waals surface area contributed by atoms with Crippen molar-refractivity contribution in [1.29, 1.82) is 0 Å². The van der Waals surface area contributed by atoms with Gasteiger partial charge in [-0.2, -0.15) is 0 Å². The Bertz CT molecular complexity index is 227. The molecule has 3 heteroatoms. The van der Waals surface area contributed by atoms with E-state index in [2.05, 4.69) is 34.6 Å². The van der Waals surface area contributed by atoms with Crippen molar-refractivity contribution in [2.45, 2.75) is 79.6 Å². The first-order valence-corrected chi connectivity index (χ1v) is 8.12. The van der Waals surface area contributed by atoms with Gasteiger partial charge in [-0.15, -0.1) is 0 Å². The summed E-state index contributed by atoms with van der Waals surface area (Å²) in [5, 5.41) is 29.9. The molecule has 20 heavy (non-hydrogen) atoms. The van der Waals surface area contributed by atoms with Crippen molar-refractivity contribution in [2.75, 3.05) is 0 Å². The van der Waals surface area contributed by atoms with Crippen LogP contribution >= 0.6 is 0 Å². The molecule has 0 aliphatic carbocycles. The zero-order valence-electron chi connectivity index (χ0n) is 14.4. The molecule has 0 saturated carbocycles. The monoisotopic (exact) mass is 288 g/mol. The van der Waals surface area contributed by atoms with Crippen molar-refractivity contribution in [1.82, 2.24) is 0 Å². The molecule has 3 N–H and O–H groups in total. The van der Waals surface area contributed by atoms with E-state index in [0.29, 0.717) is 30.1 Å². The summed E-state index contributed by atoms with van der Waals surface area (Å²) in [7, 11) is 0. The smallest absolute Gasteiger partial charge is 0.0592 e. The molecular formula is C17H36O3. The van der Waals surface area contributed by atoms with Crippen LogP contribution in [0.5, 0.6) is 0 Å². The quantitative estimate of drug-likeness (QED) is 0.611. The molecule has 0 aromatic heterocycles. The Kier molecular flexibility index (Phi) is 8.96. The third-order valence-electron chi connectivity index (χ3n) is 5.22. The van der Waals surface area contributed by atoms with Crippen LogP contribution in [0.4, 0.5) is 0 Å². The number of hydrogen-bond donors (Lipinski definition) is 3. The van der Waals surface area contributed by atoms with Crippen LogP contribution in [0.25, 0.3) is 0 Å². The highest BCUT2D eigenvalue weighted by Gasteiger charge is 2.26. The van der Waals surface area contributed by atoms with E-state index >= 15 is 0 Å². The average molecular weight is 288 g/mol. The molecule has 0 heterocycles. The summed E-state index contributed by atoms with van der Waals surface area (Å²) in [4.78, 5) is 0. The normalized spacial score (nSPS) is 22.9. The molecule has 122 valence electrons. The van der Waals surface area contributed by atoms with Crippen LogP contribution in [0.3, 0.4) is 0 Å². The summed E-state index contributed by atoms with van der Waals surface area (Å²) in [6.07, 6.45) is 0.205. The maximum atomic E-state index is 10.2. The van der Waals surface area contributed by atoms with E-state index in [1.165, 1.54) is 0 Å².